The van der Waals surface area contributed by atoms with E-state index >= 15 is 0 Å². The van der Waals surface area contributed by atoms with Crippen molar-refractivity contribution in [1.29, 1.82) is 5.26 Å². The lowest BCUT2D eigenvalue weighted by atomic mass is 10.1. The summed E-state index contributed by atoms with van der Waals surface area (Å²) >= 11 is 5.44. The first-order valence-electron chi connectivity index (χ1n) is 3.87. The molecule has 0 saturated heterocycles. The van der Waals surface area contributed by atoms with Crippen molar-refractivity contribution in [3.8, 4) is 6.07 Å². The third-order valence-electron chi connectivity index (χ3n) is 1.79. The van der Waals surface area contributed by atoms with Crippen molar-refractivity contribution in [2.45, 2.75) is 12.3 Å². The largest absolute Gasteiger partial charge is 0.296 e. The monoisotopic (exact) mass is 230 g/mol. The first-order valence-corrected chi connectivity index (χ1v) is 4.40. The zero-order valence-electron chi connectivity index (χ0n) is 7.38. The van der Waals surface area contributed by atoms with Crippen LogP contribution in [0.3, 0.4) is 0 Å². The van der Waals surface area contributed by atoms with E-state index in [0.717, 1.165) is 6.07 Å². The molecule has 0 radical (unpaired) electrons. The Morgan fingerprint density at radius 1 is 1.67 bits per heavy atom. The summed E-state index contributed by atoms with van der Waals surface area (Å²) < 4.78 is 25.1. The maximum atomic E-state index is 12.5. The van der Waals surface area contributed by atoms with Gasteiger partial charge in [0.1, 0.15) is 17.5 Å². The molecule has 0 fully saturated rings. The normalized spacial score (nSPS) is 10.1. The predicted molar refractivity (Wildman–Crippen MR) is 48.9 cm³/mol. The molecule has 0 saturated carbocycles. The van der Waals surface area contributed by atoms with Crippen LogP contribution in [0.2, 0.25) is 0 Å². The Bertz CT molecular complexity index is 429. The van der Waals surface area contributed by atoms with E-state index in [1.807, 2.05) is 0 Å². The molecule has 6 heteroatoms. The van der Waals surface area contributed by atoms with Gasteiger partial charge in [-0.1, -0.05) is 0 Å². The first-order chi connectivity index (χ1) is 7.13. The third kappa shape index (κ3) is 2.28. The minimum Gasteiger partial charge on any atom is -0.296 e. The number of nitriles is 1. The van der Waals surface area contributed by atoms with Crippen molar-refractivity contribution in [2.75, 3.05) is 0 Å². The molecule has 0 aliphatic heterocycles. The van der Waals surface area contributed by atoms with Crippen LogP contribution in [-0.2, 0) is 5.88 Å². The average Bonchev–Trinajstić information content (AvgIpc) is 2.26. The molecule has 1 heterocycles. The highest BCUT2D eigenvalue weighted by molar-refractivity contribution is 6.17. The molecule has 0 atom stereocenters. The highest BCUT2D eigenvalue weighted by Gasteiger charge is 2.18. The van der Waals surface area contributed by atoms with Crippen molar-refractivity contribution in [3.63, 3.8) is 0 Å². The van der Waals surface area contributed by atoms with Gasteiger partial charge in [-0.15, -0.1) is 11.6 Å². The fourth-order valence-electron chi connectivity index (χ4n) is 1.11. The summed E-state index contributed by atoms with van der Waals surface area (Å²) in [6, 6.07) is 2.54. The molecule has 0 aromatic carbocycles. The van der Waals surface area contributed by atoms with Crippen LogP contribution in [0.25, 0.3) is 0 Å². The van der Waals surface area contributed by atoms with E-state index in [1.165, 1.54) is 0 Å². The van der Waals surface area contributed by atoms with Crippen molar-refractivity contribution in [3.05, 3.63) is 28.6 Å². The van der Waals surface area contributed by atoms with Crippen LogP contribution in [0.1, 0.15) is 33.7 Å². The number of carbonyl (C=O) groups excluding carboxylic acids is 1. The van der Waals surface area contributed by atoms with E-state index in [2.05, 4.69) is 4.98 Å². The first kappa shape index (κ1) is 11.5. The van der Waals surface area contributed by atoms with E-state index in [0.29, 0.717) is 6.29 Å². The van der Waals surface area contributed by atoms with Gasteiger partial charge in [-0.3, -0.25) is 4.79 Å². The molecule has 0 aliphatic carbocycles. The van der Waals surface area contributed by atoms with Crippen LogP contribution in [0.4, 0.5) is 8.78 Å². The zero-order valence-corrected chi connectivity index (χ0v) is 8.13. The van der Waals surface area contributed by atoms with Gasteiger partial charge in [0.2, 0.25) is 0 Å². The Kier molecular flexibility index (Phi) is 3.69. The zero-order chi connectivity index (χ0) is 11.4. The fourth-order valence-corrected chi connectivity index (χ4v) is 1.40. The van der Waals surface area contributed by atoms with Crippen LogP contribution in [-0.4, -0.2) is 11.3 Å². The van der Waals surface area contributed by atoms with Crippen LogP contribution >= 0.6 is 11.6 Å². The lowest BCUT2D eigenvalue weighted by Crippen LogP contribution is -2.03. The molecule has 1 aromatic heterocycles. The Labute approximate surface area is 89.3 Å². The van der Waals surface area contributed by atoms with Gasteiger partial charge in [0, 0.05) is 11.1 Å². The molecule has 15 heavy (non-hydrogen) atoms. The summed E-state index contributed by atoms with van der Waals surface area (Å²) in [7, 11) is 0. The number of aromatic nitrogens is 1. The number of halogens is 3. The van der Waals surface area contributed by atoms with Crippen molar-refractivity contribution >= 4 is 17.9 Å². The van der Waals surface area contributed by atoms with E-state index in [9.17, 15) is 13.6 Å². The predicted octanol–water partition coefficient (Wildman–Crippen LogP) is 2.44. The summed E-state index contributed by atoms with van der Waals surface area (Å²) in [5.41, 5.74) is -0.875. The molecule has 1 rings (SSSR count). The maximum absolute atomic E-state index is 12.5. The minimum atomic E-state index is -2.78. The lowest BCUT2D eigenvalue weighted by molar-refractivity contribution is 0.111. The molecule has 0 amide bonds. The maximum Gasteiger partial charge on any atom is 0.264 e. The molecule has 0 aliphatic rings. The second-order valence-corrected chi connectivity index (χ2v) is 2.89. The molecule has 0 spiro atoms. The molecule has 78 valence electrons. The Morgan fingerprint density at radius 3 is 2.73 bits per heavy atom. The number of pyridine rings is 1. The molecular weight excluding hydrogens is 226 g/mol. The van der Waals surface area contributed by atoms with Gasteiger partial charge in [-0.2, -0.15) is 5.26 Å². The Hall–Kier alpha value is -1.54. The number of aldehydes is 1. The van der Waals surface area contributed by atoms with Crippen LogP contribution < -0.4 is 0 Å². The van der Waals surface area contributed by atoms with Gasteiger partial charge in [0.25, 0.3) is 6.43 Å². The number of hydrogen-bond donors (Lipinski definition) is 0. The van der Waals surface area contributed by atoms with Gasteiger partial charge >= 0.3 is 0 Å². The van der Waals surface area contributed by atoms with Crippen LogP contribution in [0, 0.1) is 11.3 Å². The van der Waals surface area contributed by atoms with Gasteiger partial charge in [-0.25, -0.2) is 13.8 Å². The summed E-state index contributed by atoms with van der Waals surface area (Å²) in [6.07, 6.45) is -2.47. The Morgan fingerprint density at radius 2 is 2.33 bits per heavy atom. The van der Waals surface area contributed by atoms with Gasteiger partial charge < -0.3 is 0 Å². The third-order valence-corrected chi connectivity index (χ3v) is 2.05. The lowest BCUT2D eigenvalue weighted by Gasteiger charge is -2.08. The highest BCUT2D eigenvalue weighted by Crippen LogP contribution is 2.26. The Balaban J connectivity index is 3.47. The second-order valence-electron chi connectivity index (χ2n) is 2.62. The van der Waals surface area contributed by atoms with Crippen molar-refractivity contribution in [1.82, 2.24) is 4.98 Å². The van der Waals surface area contributed by atoms with Crippen molar-refractivity contribution < 1.29 is 13.6 Å². The smallest absolute Gasteiger partial charge is 0.264 e. The molecular formula is C9H5ClF2N2O. The number of alkyl halides is 3. The quantitative estimate of drug-likeness (QED) is 0.592. The van der Waals surface area contributed by atoms with Crippen LogP contribution in [0.5, 0.6) is 0 Å². The average molecular weight is 231 g/mol. The number of hydrogen-bond acceptors (Lipinski definition) is 3. The molecule has 0 unspecified atom stereocenters. The minimum absolute atomic E-state index is 0.0272. The summed E-state index contributed by atoms with van der Waals surface area (Å²) in [5, 5.41) is 8.52. The van der Waals surface area contributed by atoms with Crippen LogP contribution in [0.15, 0.2) is 6.07 Å². The molecule has 1 aromatic rings. The highest BCUT2D eigenvalue weighted by atomic mass is 35.5. The van der Waals surface area contributed by atoms with Gasteiger partial charge in [-0.05, 0) is 6.07 Å². The fraction of sp³-hybridized carbons (Fsp3) is 0.222. The second kappa shape index (κ2) is 4.80. The summed E-state index contributed by atoms with van der Waals surface area (Å²) in [6.45, 7) is 0. The van der Waals surface area contributed by atoms with E-state index < -0.39 is 12.0 Å². The molecule has 0 bridgehead atoms. The number of rotatable bonds is 3. The number of carbonyl (C=O) groups is 1. The van der Waals surface area contributed by atoms with Crippen molar-refractivity contribution in [2.24, 2.45) is 0 Å². The summed E-state index contributed by atoms with van der Waals surface area (Å²) in [4.78, 5) is 14.1. The van der Waals surface area contributed by atoms with E-state index in [-0.39, 0.29) is 22.8 Å². The summed E-state index contributed by atoms with van der Waals surface area (Å²) in [5.74, 6) is -0.244. The van der Waals surface area contributed by atoms with E-state index in [4.69, 9.17) is 16.9 Å². The van der Waals surface area contributed by atoms with Gasteiger partial charge in [0.05, 0.1) is 5.88 Å². The SMILES string of the molecule is N#Cc1cc(C(F)F)c(CCl)c(C=O)n1. The molecule has 0 N–H and O–H groups in total. The standard InChI is InChI=1S/C9H5ClF2N2O/c10-2-7-6(9(11)12)1-5(3-13)14-8(7)4-15/h1,4,9H,2H2. The topological polar surface area (TPSA) is 53.8 Å². The van der Waals surface area contributed by atoms with E-state index in [1.54, 1.807) is 6.07 Å². The number of nitrogens with zero attached hydrogens (tertiary/aromatic N) is 2. The van der Waals surface area contributed by atoms with Gasteiger partial charge in [0.15, 0.2) is 6.29 Å². The molecule has 3 nitrogen and oxygen atoms in total.